The zero-order valence-corrected chi connectivity index (χ0v) is 13.8. The van der Waals surface area contributed by atoms with Gasteiger partial charge >= 0.3 is 0 Å². The zero-order chi connectivity index (χ0) is 16.5. The summed E-state index contributed by atoms with van der Waals surface area (Å²) < 4.78 is 2.18. The van der Waals surface area contributed by atoms with Gasteiger partial charge in [0.05, 0.1) is 17.1 Å². The molecule has 0 saturated carbocycles. The summed E-state index contributed by atoms with van der Waals surface area (Å²) >= 11 is 1.69. The van der Waals surface area contributed by atoms with Crippen LogP contribution < -0.4 is 5.32 Å². The summed E-state index contributed by atoms with van der Waals surface area (Å²) in [6.07, 6.45) is 1.81. The van der Waals surface area contributed by atoms with Crippen LogP contribution in [0.2, 0.25) is 0 Å². The van der Waals surface area contributed by atoms with Crippen LogP contribution in [0.4, 0.5) is 11.5 Å². The van der Waals surface area contributed by atoms with E-state index >= 15 is 0 Å². The molecule has 0 fully saturated rings. The number of pyridine rings is 1. The second-order valence-corrected chi connectivity index (χ2v) is 6.29. The normalized spacial score (nSPS) is 10.7. The highest BCUT2D eigenvalue weighted by Crippen LogP contribution is 2.32. The van der Waals surface area contributed by atoms with E-state index in [2.05, 4.69) is 50.9 Å². The molecule has 0 bridgehead atoms. The number of aryl methyl sites for hydroxylation is 1. The standard InChI is InChI=1S/C19H14N4S/c1-23-17-6-8-21-19(22-15-4-2-13(11-20)3-5-15)16(17)10-18(23)14-7-9-24-12-14/h2-10,12H,1H3,(H,21,22). The minimum Gasteiger partial charge on any atom is -0.343 e. The van der Waals surface area contributed by atoms with Crippen molar-refractivity contribution in [1.29, 1.82) is 5.26 Å². The molecule has 0 unspecified atom stereocenters. The molecule has 3 heterocycles. The van der Waals surface area contributed by atoms with E-state index in [1.165, 1.54) is 11.3 Å². The molecule has 3 aromatic heterocycles. The number of nitriles is 1. The Morgan fingerprint density at radius 2 is 2.00 bits per heavy atom. The molecule has 0 atom stereocenters. The molecule has 0 saturated heterocycles. The van der Waals surface area contributed by atoms with Crippen LogP contribution in [0.3, 0.4) is 0 Å². The molecular formula is C19H14N4S. The number of anilines is 2. The van der Waals surface area contributed by atoms with Crippen molar-refractivity contribution in [1.82, 2.24) is 9.55 Å². The van der Waals surface area contributed by atoms with Crippen molar-refractivity contribution >= 4 is 33.7 Å². The lowest BCUT2D eigenvalue weighted by Crippen LogP contribution is -1.95. The highest BCUT2D eigenvalue weighted by atomic mass is 32.1. The van der Waals surface area contributed by atoms with Crippen LogP contribution in [0, 0.1) is 11.3 Å². The zero-order valence-electron chi connectivity index (χ0n) is 13.0. The van der Waals surface area contributed by atoms with Crippen LogP contribution in [-0.4, -0.2) is 9.55 Å². The van der Waals surface area contributed by atoms with E-state index in [-0.39, 0.29) is 0 Å². The van der Waals surface area contributed by atoms with E-state index in [0.717, 1.165) is 22.4 Å². The van der Waals surface area contributed by atoms with Gasteiger partial charge in [0, 0.05) is 41.0 Å². The Balaban J connectivity index is 1.78. The molecule has 0 aliphatic rings. The summed E-state index contributed by atoms with van der Waals surface area (Å²) in [4.78, 5) is 4.49. The third-order valence-electron chi connectivity index (χ3n) is 4.06. The van der Waals surface area contributed by atoms with Gasteiger partial charge in [-0.3, -0.25) is 0 Å². The van der Waals surface area contributed by atoms with Crippen molar-refractivity contribution in [2.75, 3.05) is 5.32 Å². The molecule has 116 valence electrons. The number of thiophene rings is 1. The Morgan fingerprint density at radius 3 is 2.71 bits per heavy atom. The monoisotopic (exact) mass is 330 g/mol. The van der Waals surface area contributed by atoms with Crippen LogP contribution in [0.5, 0.6) is 0 Å². The van der Waals surface area contributed by atoms with Gasteiger partial charge in [0.15, 0.2) is 0 Å². The number of hydrogen-bond donors (Lipinski definition) is 1. The molecule has 1 N–H and O–H groups in total. The maximum Gasteiger partial charge on any atom is 0.139 e. The van der Waals surface area contributed by atoms with Crippen molar-refractivity contribution in [3.8, 4) is 17.3 Å². The third-order valence-corrected chi connectivity index (χ3v) is 4.75. The van der Waals surface area contributed by atoms with Gasteiger partial charge < -0.3 is 9.88 Å². The molecule has 1 aromatic carbocycles. The fourth-order valence-corrected chi connectivity index (χ4v) is 3.46. The van der Waals surface area contributed by atoms with E-state index in [1.54, 1.807) is 23.5 Å². The molecule has 0 amide bonds. The first-order chi connectivity index (χ1) is 11.8. The smallest absolute Gasteiger partial charge is 0.139 e. The van der Waals surface area contributed by atoms with Gasteiger partial charge in [-0.1, -0.05) is 0 Å². The van der Waals surface area contributed by atoms with Crippen LogP contribution in [0.1, 0.15) is 5.56 Å². The lowest BCUT2D eigenvalue weighted by Gasteiger charge is -2.07. The highest BCUT2D eigenvalue weighted by Gasteiger charge is 2.12. The van der Waals surface area contributed by atoms with E-state index < -0.39 is 0 Å². The fraction of sp³-hybridized carbons (Fsp3) is 0.0526. The first kappa shape index (κ1) is 14.5. The summed E-state index contributed by atoms with van der Waals surface area (Å²) in [5.41, 5.74) is 5.06. The van der Waals surface area contributed by atoms with Crippen LogP contribution in [0.25, 0.3) is 22.2 Å². The fourth-order valence-electron chi connectivity index (χ4n) is 2.81. The maximum atomic E-state index is 8.90. The first-order valence-electron chi connectivity index (χ1n) is 7.50. The Labute approximate surface area is 143 Å². The number of aromatic nitrogens is 2. The van der Waals surface area contributed by atoms with E-state index in [9.17, 15) is 0 Å². The van der Waals surface area contributed by atoms with Gasteiger partial charge in [0.1, 0.15) is 5.82 Å². The molecule has 0 aliphatic heterocycles. The Hall–Kier alpha value is -3.10. The third kappa shape index (κ3) is 2.43. The SMILES string of the molecule is Cn1c(-c2ccsc2)cc2c(Nc3ccc(C#N)cc3)nccc21. The van der Waals surface area contributed by atoms with Crippen molar-refractivity contribution in [2.45, 2.75) is 0 Å². The molecule has 0 aliphatic carbocycles. The summed E-state index contributed by atoms with van der Waals surface area (Å²) in [6, 6.07) is 15.8. The van der Waals surface area contributed by atoms with Crippen LogP contribution >= 0.6 is 11.3 Å². The molecule has 4 nitrogen and oxygen atoms in total. The van der Waals surface area contributed by atoms with E-state index in [4.69, 9.17) is 5.26 Å². The van der Waals surface area contributed by atoms with Crippen molar-refractivity contribution < 1.29 is 0 Å². The molecule has 5 heteroatoms. The topological polar surface area (TPSA) is 53.6 Å². The number of hydrogen-bond acceptors (Lipinski definition) is 4. The number of rotatable bonds is 3. The molecular weight excluding hydrogens is 316 g/mol. The second-order valence-electron chi connectivity index (χ2n) is 5.51. The summed E-state index contributed by atoms with van der Waals surface area (Å²) in [7, 11) is 2.07. The predicted molar refractivity (Wildman–Crippen MR) is 98.5 cm³/mol. The number of nitrogens with one attached hydrogen (secondary N) is 1. The maximum absolute atomic E-state index is 8.90. The largest absolute Gasteiger partial charge is 0.343 e. The van der Waals surface area contributed by atoms with Gasteiger partial charge in [-0.25, -0.2) is 4.98 Å². The highest BCUT2D eigenvalue weighted by molar-refractivity contribution is 7.08. The first-order valence-corrected chi connectivity index (χ1v) is 8.45. The number of benzene rings is 1. The van der Waals surface area contributed by atoms with E-state index in [0.29, 0.717) is 5.56 Å². The van der Waals surface area contributed by atoms with Gasteiger partial charge in [-0.05, 0) is 47.8 Å². The Bertz CT molecular complexity index is 1040. The van der Waals surface area contributed by atoms with Gasteiger partial charge in [-0.15, -0.1) is 0 Å². The second kappa shape index (κ2) is 5.84. The van der Waals surface area contributed by atoms with Crippen molar-refractivity contribution in [3.63, 3.8) is 0 Å². The molecule has 0 spiro atoms. The summed E-state index contributed by atoms with van der Waals surface area (Å²) in [5.74, 6) is 0.814. The minimum absolute atomic E-state index is 0.645. The average molecular weight is 330 g/mol. The summed E-state index contributed by atoms with van der Waals surface area (Å²) in [5, 5.41) is 17.6. The molecule has 4 rings (SSSR count). The van der Waals surface area contributed by atoms with Crippen LogP contribution in [-0.2, 0) is 7.05 Å². The van der Waals surface area contributed by atoms with Gasteiger partial charge in [-0.2, -0.15) is 16.6 Å². The lowest BCUT2D eigenvalue weighted by atomic mass is 10.2. The van der Waals surface area contributed by atoms with Gasteiger partial charge in [0.2, 0.25) is 0 Å². The summed E-state index contributed by atoms with van der Waals surface area (Å²) in [6.45, 7) is 0. The van der Waals surface area contributed by atoms with Crippen molar-refractivity contribution in [3.05, 3.63) is 65.0 Å². The number of fused-ring (bicyclic) bond motifs is 1. The molecule has 24 heavy (non-hydrogen) atoms. The Morgan fingerprint density at radius 1 is 1.17 bits per heavy atom. The molecule has 0 radical (unpaired) electrons. The van der Waals surface area contributed by atoms with E-state index in [1.807, 2.05) is 24.4 Å². The van der Waals surface area contributed by atoms with Crippen LogP contribution in [0.15, 0.2) is 59.4 Å². The molecule has 4 aromatic rings. The predicted octanol–water partition coefficient (Wildman–Crippen LogP) is 4.92. The average Bonchev–Trinajstić information content (AvgIpc) is 3.25. The quantitative estimate of drug-likeness (QED) is 0.580. The lowest BCUT2D eigenvalue weighted by molar-refractivity contribution is 0.978. The minimum atomic E-state index is 0.645. The Kier molecular flexibility index (Phi) is 3.52. The van der Waals surface area contributed by atoms with Crippen molar-refractivity contribution in [2.24, 2.45) is 7.05 Å². The van der Waals surface area contributed by atoms with Gasteiger partial charge in [0.25, 0.3) is 0 Å². The number of nitrogens with zero attached hydrogens (tertiary/aromatic N) is 3.